The fourth-order valence-electron chi connectivity index (χ4n) is 2.78. The van der Waals surface area contributed by atoms with Crippen LogP contribution in [0.4, 0.5) is 10.1 Å². The lowest BCUT2D eigenvalue weighted by Crippen LogP contribution is -2.33. The highest BCUT2D eigenvalue weighted by molar-refractivity contribution is 7.89. The van der Waals surface area contributed by atoms with Crippen molar-refractivity contribution in [3.05, 3.63) is 24.0 Å². The minimum absolute atomic E-state index is 0.0412. The van der Waals surface area contributed by atoms with Gasteiger partial charge >= 0.3 is 0 Å². The maximum atomic E-state index is 13.8. The minimum atomic E-state index is -3.87. The fourth-order valence-corrected chi connectivity index (χ4v) is 4.18. The molecule has 0 bridgehead atoms. The Hall–Kier alpha value is -1.14. The average Bonchev–Trinajstić information content (AvgIpc) is 2.39. The molecule has 0 amide bonds. The molecule has 112 valence electrons. The van der Waals surface area contributed by atoms with Gasteiger partial charge in [0, 0.05) is 13.6 Å². The summed E-state index contributed by atoms with van der Waals surface area (Å²) in [6.45, 7) is 0.427. The zero-order valence-corrected chi connectivity index (χ0v) is 12.5. The largest absolute Gasteiger partial charge is 0.398 e. The first-order valence-corrected chi connectivity index (χ1v) is 8.37. The zero-order valence-electron chi connectivity index (χ0n) is 11.7. The summed E-state index contributed by atoms with van der Waals surface area (Å²) >= 11 is 0. The molecule has 0 aromatic heterocycles. The lowest BCUT2D eigenvalue weighted by Gasteiger charge is -2.27. The number of nitrogens with two attached hydrogens (primary N) is 1. The van der Waals surface area contributed by atoms with Gasteiger partial charge in [0.15, 0.2) is 0 Å². The van der Waals surface area contributed by atoms with E-state index >= 15 is 0 Å². The van der Waals surface area contributed by atoms with Crippen LogP contribution in [0.25, 0.3) is 0 Å². The second-order valence-corrected chi connectivity index (χ2v) is 7.43. The fraction of sp³-hybridized carbons (Fsp3) is 0.571. The highest BCUT2D eigenvalue weighted by Gasteiger charge is 2.29. The molecule has 2 N–H and O–H groups in total. The highest BCUT2D eigenvalue weighted by atomic mass is 32.2. The van der Waals surface area contributed by atoms with E-state index in [2.05, 4.69) is 0 Å². The SMILES string of the molecule is CN(CC1CCCCC1)S(=O)(=O)c1c(N)cccc1F. The third kappa shape index (κ3) is 3.12. The van der Waals surface area contributed by atoms with E-state index in [4.69, 9.17) is 5.73 Å². The van der Waals surface area contributed by atoms with E-state index < -0.39 is 20.7 Å². The standard InChI is InChI=1S/C14H21FN2O2S/c1-17(10-11-6-3-2-4-7-11)20(18,19)14-12(15)8-5-9-13(14)16/h5,8-9,11H,2-4,6-7,10,16H2,1H3. The van der Waals surface area contributed by atoms with E-state index in [1.807, 2.05) is 0 Å². The number of hydrogen-bond donors (Lipinski definition) is 1. The van der Waals surface area contributed by atoms with Crippen molar-refractivity contribution in [1.29, 1.82) is 0 Å². The Morgan fingerprint density at radius 1 is 1.30 bits per heavy atom. The maximum Gasteiger partial charge on any atom is 0.247 e. The molecule has 1 aliphatic carbocycles. The van der Waals surface area contributed by atoms with Crippen molar-refractivity contribution in [3.8, 4) is 0 Å². The van der Waals surface area contributed by atoms with Crippen LogP contribution < -0.4 is 5.73 Å². The van der Waals surface area contributed by atoms with Gasteiger partial charge in [-0.05, 0) is 30.9 Å². The van der Waals surface area contributed by atoms with Gasteiger partial charge in [0.05, 0.1) is 5.69 Å². The monoisotopic (exact) mass is 300 g/mol. The summed E-state index contributed by atoms with van der Waals surface area (Å²) in [6.07, 6.45) is 5.56. The Morgan fingerprint density at radius 3 is 2.55 bits per heavy atom. The van der Waals surface area contributed by atoms with Crippen molar-refractivity contribution in [3.63, 3.8) is 0 Å². The molecule has 0 saturated heterocycles. The van der Waals surface area contributed by atoms with Gasteiger partial charge in [0.25, 0.3) is 0 Å². The van der Waals surface area contributed by atoms with Crippen LogP contribution in [0.5, 0.6) is 0 Å². The van der Waals surface area contributed by atoms with Crippen molar-refractivity contribution in [2.24, 2.45) is 5.92 Å². The van der Waals surface area contributed by atoms with Crippen molar-refractivity contribution in [2.75, 3.05) is 19.3 Å². The topological polar surface area (TPSA) is 63.4 Å². The lowest BCUT2D eigenvalue weighted by atomic mass is 9.89. The van der Waals surface area contributed by atoms with Crippen LogP contribution in [-0.4, -0.2) is 26.3 Å². The maximum absolute atomic E-state index is 13.8. The van der Waals surface area contributed by atoms with Gasteiger partial charge in [-0.15, -0.1) is 0 Å². The van der Waals surface area contributed by atoms with Crippen molar-refractivity contribution in [1.82, 2.24) is 4.31 Å². The molecular weight excluding hydrogens is 279 g/mol. The molecule has 20 heavy (non-hydrogen) atoms. The molecule has 1 aliphatic rings. The predicted molar refractivity (Wildman–Crippen MR) is 77.2 cm³/mol. The van der Waals surface area contributed by atoms with Crippen LogP contribution in [0.1, 0.15) is 32.1 Å². The van der Waals surface area contributed by atoms with Gasteiger partial charge in [-0.2, -0.15) is 0 Å². The number of sulfonamides is 1. The summed E-state index contributed by atoms with van der Waals surface area (Å²) in [4.78, 5) is -0.404. The van der Waals surface area contributed by atoms with E-state index in [0.717, 1.165) is 31.7 Å². The number of nitrogens with zero attached hydrogens (tertiary/aromatic N) is 1. The average molecular weight is 300 g/mol. The molecule has 1 fully saturated rings. The van der Waals surface area contributed by atoms with Gasteiger partial charge in [0.2, 0.25) is 10.0 Å². The molecule has 1 aromatic carbocycles. The number of nitrogen functional groups attached to an aromatic ring is 1. The first-order chi connectivity index (χ1) is 9.43. The molecule has 1 aromatic rings. The first-order valence-electron chi connectivity index (χ1n) is 6.93. The molecule has 0 radical (unpaired) electrons. The third-order valence-corrected chi connectivity index (χ3v) is 5.82. The van der Waals surface area contributed by atoms with E-state index in [-0.39, 0.29) is 5.69 Å². The van der Waals surface area contributed by atoms with Crippen LogP contribution in [0.2, 0.25) is 0 Å². The molecule has 0 unspecified atom stereocenters. The van der Waals surface area contributed by atoms with E-state index in [1.165, 1.54) is 29.9 Å². The Morgan fingerprint density at radius 2 is 1.95 bits per heavy atom. The smallest absolute Gasteiger partial charge is 0.247 e. The highest BCUT2D eigenvalue weighted by Crippen LogP contribution is 2.28. The minimum Gasteiger partial charge on any atom is -0.398 e. The molecule has 0 spiro atoms. The Bertz CT molecular complexity index is 548. The summed E-state index contributed by atoms with van der Waals surface area (Å²) in [5, 5.41) is 0. The summed E-state index contributed by atoms with van der Waals surface area (Å²) < 4.78 is 39.9. The van der Waals surface area contributed by atoms with Gasteiger partial charge in [0.1, 0.15) is 10.7 Å². The molecule has 0 heterocycles. The van der Waals surface area contributed by atoms with Crippen LogP contribution in [0.15, 0.2) is 23.1 Å². The summed E-state index contributed by atoms with van der Waals surface area (Å²) in [5.41, 5.74) is 5.59. The van der Waals surface area contributed by atoms with Gasteiger partial charge < -0.3 is 5.73 Å². The Balaban J connectivity index is 2.21. The normalized spacial score (nSPS) is 17.6. The van der Waals surface area contributed by atoms with E-state index in [0.29, 0.717) is 12.5 Å². The van der Waals surface area contributed by atoms with Crippen LogP contribution in [-0.2, 0) is 10.0 Å². The molecule has 1 saturated carbocycles. The molecule has 0 aliphatic heterocycles. The Labute approximate surface area is 119 Å². The molecular formula is C14H21FN2O2S. The number of rotatable bonds is 4. The number of hydrogen-bond acceptors (Lipinski definition) is 3. The van der Waals surface area contributed by atoms with Crippen LogP contribution in [0, 0.1) is 11.7 Å². The lowest BCUT2D eigenvalue weighted by molar-refractivity contribution is 0.299. The zero-order chi connectivity index (χ0) is 14.8. The van der Waals surface area contributed by atoms with E-state index in [1.54, 1.807) is 0 Å². The van der Waals surface area contributed by atoms with E-state index in [9.17, 15) is 12.8 Å². The quantitative estimate of drug-likeness (QED) is 0.869. The van der Waals surface area contributed by atoms with Crippen LogP contribution >= 0.6 is 0 Å². The van der Waals surface area contributed by atoms with Crippen molar-refractivity contribution >= 4 is 15.7 Å². The summed E-state index contributed by atoms with van der Waals surface area (Å²) in [7, 11) is -2.37. The Kier molecular flexibility index (Phi) is 4.65. The number of anilines is 1. The summed E-state index contributed by atoms with van der Waals surface area (Å²) in [6, 6.07) is 3.94. The van der Waals surface area contributed by atoms with Crippen LogP contribution in [0.3, 0.4) is 0 Å². The van der Waals surface area contributed by atoms with Crippen molar-refractivity contribution < 1.29 is 12.8 Å². The predicted octanol–water partition coefficient (Wildman–Crippen LogP) is 2.61. The summed E-state index contributed by atoms with van der Waals surface area (Å²) in [5.74, 6) is -0.433. The second kappa shape index (κ2) is 6.10. The number of halogens is 1. The van der Waals surface area contributed by atoms with Gasteiger partial charge in [-0.3, -0.25) is 0 Å². The molecule has 4 nitrogen and oxygen atoms in total. The van der Waals surface area contributed by atoms with Crippen molar-refractivity contribution in [2.45, 2.75) is 37.0 Å². The third-order valence-electron chi connectivity index (χ3n) is 3.91. The molecule has 6 heteroatoms. The molecule has 0 atom stereocenters. The first kappa shape index (κ1) is 15.3. The number of benzene rings is 1. The molecule has 2 rings (SSSR count). The second-order valence-electron chi connectivity index (χ2n) is 5.45. The van der Waals surface area contributed by atoms with Gasteiger partial charge in [-0.25, -0.2) is 17.1 Å². The van der Waals surface area contributed by atoms with Gasteiger partial charge in [-0.1, -0.05) is 25.3 Å².